The van der Waals surface area contributed by atoms with E-state index in [1.54, 1.807) is 0 Å². The number of carbonyl (C=O) groups excluding carboxylic acids is 2. The molecule has 3 atom stereocenters. The van der Waals surface area contributed by atoms with Crippen molar-refractivity contribution in [3.63, 3.8) is 0 Å². The maximum Gasteiger partial charge on any atom is 0.407 e. The molecule has 4 rings (SSSR count). The molecule has 2 aliphatic carbocycles. The lowest BCUT2D eigenvalue weighted by molar-refractivity contribution is -0.139. The summed E-state index contributed by atoms with van der Waals surface area (Å²) in [5, 5.41) is 14.2. The first kappa shape index (κ1) is 21.8. The molecule has 8 nitrogen and oxygen atoms in total. The number of hydrogen-bond donors (Lipinski definition) is 3. The number of rotatable bonds is 9. The van der Waals surface area contributed by atoms with Crippen molar-refractivity contribution in [1.29, 1.82) is 0 Å². The first-order valence-electron chi connectivity index (χ1n) is 10.6. The first-order chi connectivity index (χ1) is 15.5. The molecule has 2 amide bonds. The zero-order valence-corrected chi connectivity index (χ0v) is 17.7. The molecule has 0 aliphatic heterocycles. The fourth-order valence-electron chi connectivity index (χ4n) is 4.26. The third-order valence-corrected chi connectivity index (χ3v) is 6.06. The van der Waals surface area contributed by atoms with E-state index in [4.69, 9.17) is 14.6 Å². The van der Waals surface area contributed by atoms with E-state index in [2.05, 4.69) is 22.8 Å². The number of benzene rings is 2. The van der Waals surface area contributed by atoms with Gasteiger partial charge in [-0.3, -0.25) is 9.59 Å². The van der Waals surface area contributed by atoms with Crippen LogP contribution < -0.4 is 10.6 Å². The summed E-state index contributed by atoms with van der Waals surface area (Å²) in [6.45, 7) is 0.370. The SMILES string of the molecule is COCC(NC(=O)OCC1c2ccccc2-c2ccccc21)C(=O)NCC1CC1C(=O)O. The number of carbonyl (C=O) groups is 3. The number of carboxylic acids is 1. The maximum atomic E-state index is 12.5. The van der Waals surface area contributed by atoms with Crippen LogP contribution in [0.4, 0.5) is 4.79 Å². The second-order valence-corrected chi connectivity index (χ2v) is 8.16. The van der Waals surface area contributed by atoms with Gasteiger partial charge in [-0.05, 0) is 34.6 Å². The van der Waals surface area contributed by atoms with Gasteiger partial charge >= 0.3 is 12.1 Å². The smallest absolute Gasteiger partial charge is 0.407 e. The Morgan fingerprint density at radius 3 is 2.25 bits per heavy atom. The van der Waals surface area contributed by atoms with Crippen LogP contribution in [-0.4, -0.2) is 56.0 Å². The van der Waals surface area contributed by atoms with E-state index in [1.165, 1.54) is 7.11 Å². The Balaban J connectivity index is 1.33. The van der Waals surface area contributed by atoms with E-state index >= 15 is 0 Å². The summed E-state index contributed by atoms with van der Waals surface area (Å²) in [5.41, 5.74) is 4.47. The Hall–Kier alpha value is -3.39. The number of amides is 2. The van der Waals surface area contributed by atoms with Crippen molar-refractivity contribution in [2.75, 3.05) is 26.9 Å². The van der Waals surface area contributed by atoms with Crippen LogP contribution in [0.15, 0.2) is 48.5 Å². The molecular formula is C24H26N2O6. The van der Waals surface area contributed by atoms with E-state index in [1.807, 2.05) is 36.4 Å². The average Bonchev–Trinajstić information content (AvgIpc) is 3.51. The molecule has 168 valence electrons. The lowest BCUT2D eigenvalue weighted by Crippen LogP contribution is -2.50. The summed E-state index contributed by atoms with van der Waals surface area (Å²) < 4.78 is 10.5. The van der Waals surface area contributed by atoms with Crippen molar-refractivity contribution in [3.8, 4) is 11.1 Å². The normalized spacial score (nSPS) is 19.4. The van der Waals surface area contributed by atoms with E-state index in [9.17, 15) is 14.4 Å². The highest BCUT2D eigenvalue weighted by Gasteiger charge is 2.43. The Morgan fingerprint density at radius 1 is 1.06 bits per heavy atom. The predicted molar refractivity (Wildman–Crippen MR) is 116 cm³/mol. The maximum absolute atomic E-state index is 12.5. The zero-order valence-electron chi connectivity index (χ0n) is 17.7. The van der Waals surface area contributed by atoms with Crippen LogP contribution in [0.3, 0.4) is 0 Å². The second-order valence-electron chi connectivity index (χ2n) is 8.16. The molecule has 0 radical (unpaired) electrons. The molecule has 8 heteroatoms. The minimum Gasteiger partial charge on any atom is -0.481 e. The quantitative estimate of drug-likeness (QED) is 0.554. The molecule has 0 heterocycles. The van der Waals surface area contributed by atoms with Crippen LogP contribution in [0.25, 0.3) is 11.1 Å². The predicted octanol–water partition coefficient (Wildman–Crippen LogP) is 2.38. The summed E-state index contributed by atoms with van der Waals surface area (Å²) in [6.07, 6.45) is -0.163. The number of aliphatic carboxylic acids is 1. The summed E-state index contributed by atoms with van der Waals surface area (Å²) >= 11 is 0. The van der Waals surface area contributed by atoms with Crippen LogP contribution >= 0.6 is 0 Å². The van der Waals surface area contributed by atoms with Gasteiger partial charge < -0.3 is 25.2 Å². The average molecular weight is 438 g/mol. The number of hydrogen-bond acceptors (Lipinski definition) is 5. The van der Waals surface area contributed by atoms with Crippen molar-refractivity contribution < 1.29 is 29.0 Å². The number of fused-ring (bicyclic) bond motifs is 3. The van der Waals surface area contributed by atoms with Gasteiger partial charge in [0.1, 0.15) is 12.6 Å². The van der Waals surface area contributed by atoms with Gasteiger partial charge in [-0.2, -0.15) is 0 Å². The number of carboxylic acid groups (broad SMARTS) is 1. The van der Waals surface area contributed by atoms with Gasteiger partial charge in [0.2, 0.25) is 5.91 Å². The molecular weight excluding hydrogens is 412 g/mol. The molecule has 3 N–H and O–H groups in total. The molecule has 32 heavy (non-hydrogen) atoms. The number of nitrogens with one attached hydrogen (secondary N) is 2. The molecule has 1 fully saturated rings. The van der Waals surface area contributed by atoms with Gasteiger partial charge in [-0.1, -0.05) is 48.5 Å². The summed E-state index contributed by atoms with van der Waals surface area (Å²) in [5.74, 6) is -1.85. The van der Waals surface area contributed by atoms with Crippen molar-refractivity contribution in [2.24, 2.45) is 11.8 Å². The molecule has 0 spiro atoms. The molecule has 0 bridgehead atoms. The molecule has 1 saturated carbocycles. The third-order valence-electron chi connectivity index (χ3n) is 6.06. The molecule has 2 aromatic carbocycles. The summed E-state index contributed by atoms with van der Waals surface area (Å²) in [6, 6.07) is 15.1. The molecule has 2 aromatic rings. The van der Waals surface area contributed by atoms with Crippen molar-refractivity contribution in [1.82, 2.24) is 10.6 Å². The Bertz CT molecular complexity index is 978. The molecule has 3 unspecified atom stereocenters. The van der Waals surface area contributed by atoms with E-state index < -0.39 is 29.9 Å². The fraction of sp³-hybridized carbons (Fsp3) is 0.375. The zero-order chi connectivity index (χ0) is 22.7. The minimum absolute atomic E-state index is 0.0247. The number of alkyl carbamates (subject to hydrolysis) is 1. The van der Waals surface area contributed by atoms with Crippen molar-refractivity contribution in [3.05, 3.63) is 59.7 Å². The lowest BCUT2D eigenvalue weighted by atomic mass is 9.98. The largest absolute Gasteiger partial charge is 0.481 e. The van der Waals surface area contributed by atoms with Gasteiger partial charge in [0, 0.05) is 19.6 Å². The van der Waals surface area contributed by atoms with Gasteiger partial charge in [0.25, 0.3) is 0 Å². The topological polar surface area (TPSA) is 114 Å². The van der Waals surface area contributed by atoms with Gasteiger partial charge in [0.15, 0.2) is 0 Å². The highest BCUT2D eigenvalue weighted by Crippen LogP contribution is 2.44. The number of methoxy groups -OCH3 is 1. The van der Waals surface area contributed by atoms with Crippen molar-refractivity contribution >= 4 is 18.0 Å². The van der Waals surface area contributed by atoms with Crippen LogP contribution in [0.2, 0.25) is 0 Å². The van der Waals surface area contributed by atoms with E-state index in [-0.39, 0.29) is 31.6 Å². The van der Waals surface area contributed by atoms with Crippen LogP contribution in [0.5, 0.6) is 0 Å². The van der Waals surface area contributed by atoms with Gasteiger partial charge in [-0.25, -0.2) is 4.79 Å². The number of ether oxygens (including phenoxy) is 2. The molecule has 0 saturated heterocycles. The lowest BCUT2D eigenvalue weighted by Gasteiger charge is -2.19. The summed E-state index contributed by atoms with van der Waals surface area (Å²) in [4.78, 5) is 35.8. The Kier molecular flexibility index (Phi) is 6.41. The molecule has 0 aromatic heterocycles. The highest BCUT2D eigenvalue weighted by atomic mass is 16.5. The minimum atomic E-state index is -0.933. The van der Waals surface area contributed by atoms with E-state index in [0.29, 0.717) is 6.42 Å². The molecule has 2 aliphatic rings. The van der Waals surface area contributed by atoms with Gasteiger partial charge in [0.05, 0.1) is 12.5 Å². The second kappa shape index (κ2) is 9.40. The fourth-order valence-corrected chi connectivity index (χ4v) is 4.26. The van der Waals surface area contributed by atoms with Crippen LogP contribution in [0, 0.1) is 11.8 Å². The summed E-state index contributed by atoms with van der Waals surface area (Å²) in [7, 11) is 1.43. The standard InChI is InChI=1S/C24H26N2O6/c1-31-13-21(22(27)25-11-14-10-19(14)23(28)29)26-24(30)32-12-20-17-8-4-2-6-15(17)16-7-3-5-9-18(16)20/h2-9,14,19-21H,10-13H2,1H3,(H,25,27)(H,26,30)(H,28,29). The first-order valence-corrected chi connectivity index (χ1v) is 10.6. The Morgan fingerprint density at radius 2 is 1.69 bits per heavy atom. The monoisotopic (exact) mass is 438 g/mol. The third kappa shape index (κ3) is 4.60. The van der Waals surface area contributed by atoms with E-state index in [0.717, 1.165) is 22.3 Å². The van der Waals surface area contributed by atoms with Crippen LogP contribution in [0.1, 0.15) is 23.5 Å². The Labute approximate surface area is 185 Å². The highest BCUT2D eigenvalue weighted by molar-refractivity contribution is 5.86. The van der Waals surface area contributed by atoms with Crippen molar-refractivity contribution in [2.45, 2.75) is 18.4 Å². The van der Waals surface area contributed by atoms with Crippen LogP contribution in [-0.2, 0) is 19.1 Å². The van der Waals surface area contributed by atoms with Gasteiger partial charge in [-0.15, -0.1) is 0 Å².